The van der Waals surface area contributed by atoms with E-state index in [0.29, 0.717) is 41.4 Å². The van der Waals surface area contributed by atoms with Crippen molar-refractivity contribution in [2.45, 2.75) is 19.5 Å². The van der Waals surface area contributed by atoms with Gasteiger partial charge in [-0.25, -0.2) is 9.18 Å². The molecule has 0 spiro atoms. The van der Waals surface area contributed by atoms with Crippen molar-refractivity contribution in [3.63, 3.8) is 0 Å². The quantitative estimate of drug-likeness (QED) is 0.640. The first-order chi connectivity index (χ1) is 13.4. The van der Waals surface area contributed by atoms with Crippen LogP contribution in [0.15, 0.2) is 16.2 Å². The van der Waals surface area contributed by atoms with Crippen molar-refractivity contribution >= 4 is 56.8 Å². The highest BCUT2D eigenvalue weighted by atomic mass is 35.5. The van der Waals surface area contributed by atoms with Crippen LogP contribution in [-0.4, -0.2) is 48.2 Å². The highest BCUT2D eigenvalue weighted by Crippen LogP contribution is 2.43. The largest absolute Gasteiger partial charge is 0.477 e. The zero-order chi connectivity index (χ0) is 19.7. The molecule has 0 radical (unpaired) electrons. The van der Waals surface area contributed by atoms with Gasteiger partial charge in [0, 0.05) is 38.1 Å². The summed E-state index contributed by atoms with van der Waals surface area (Å²) in [7, 11) is 1.88. The predicted octanol–water partition coefficient (Wildman–Crippen LogP) is 2.52. The van der Waals surface area contributed by atoms with Gasteiger partial charge in [0.15, 0.2) is 0 Å². The first-order valence-corrected chi connectivity index (χ1v) is 10.0. The number of halogens is 2. The van der Waals surface area contributed by atoms with Gasteiger partial charge in [-0.3, -0.25) is 9.20 Å². The maximum atomic E-state index is 15.3. The van der Waals surface area contributed by atoms with E-state index in [1.807, 2.05) is 26.6 Å². The van der Waals surface area contributed by atoms with Gasteiger partial charge in [0.1, 0.15) is 16.2 Å². The Balaban J connectivity index is 0.00000205. The molecule has 1 unspecified atom stereocenters. The van der Waals surface area contributed by atoms with E-state index in [1.54, 1.807) is 0 Å². The van der Waals surface area contributed by atoms with E-state index in [-0.39, 0.29) is 29.4 Å². The number of rotatable bonds is 2. The molecule has 2 aliphatic rings. The van der Waals surface area contributed by atoms with Gasteiger partial charge < -0.3 is 20.2 Å². The number of nitrogens with one attached hydrogen (secondary N) is 1. The summed E-state index contributed by atoms with van der Waals surface area (Å²) in [5.41, 5.74) is 1.70. The lowest BCUT2D eigenvalue weighted by molar-refractivity contribution is 0.0697. The van der Waals surface area contributed by atoms with Crippen LogP contribution in [0.25, 0.3) is 15.7 Å². The Morgan fingerprint density at radius 3 is 2.83 bits per heavy atom. The molecule has 1 fully saturated rings. The van der Waals surface area contributed by atoms with E-state index in [9.17, 15) is 14.7 Å². The number of thiazole rings is 1. The zero-order valence-electron chi connectivity index (χ0n) is 15.9. The summed E-state index contributed by atoms with van der Waals surface area (Å²) >= 11 is 1.24. The number of pyridine rings is 1. The number of hydrogen-bond donors (Lipinski definition) is 2. The summed E-state index contributed by atoms with van der Waals surface area (Å²) < 4.78 is 17.2. The third kappa shape index (κ3) is 2.72. The van der Waals surface area contributed by atoms with Gasteiger partial charge in [0.2, 0.25) is 5.43 Å². The van der Waals surface area contributed by atoms with Crippen molar-refractivity contribution in [3.05, 3.63) is 38.7 Å². The van der Waals surface area contributed by atoms with Gasteiger partial charge in [-0.15, -0.1) is 23.7 Å². The second-order valence-electron chi connectivity index (χ2n) is 7.49. The van der Waals surface area contributed by atoms with Crippen LogP contribution in [-0.2, 0) is 6.54 Å². The number of nitrogens with zero attached hydrogens (tertiary/aromatic N) is 3. The molecule has 3 aromatic rings. The fourth-order valence-corrected chi connectivity index (χ4v) is 5.48. The van der Waals surface area contributed by atoms with Crippen LogP contribution in [0, 0.1) is 5.82 Å². The summed E-state index contributed by atoms with van der Waals surface area (Å²) in [6, 6.07) is 1.43. The highest BCUT2D eigenvalue weighted by Gasteiger charge is 2.32. The molecule has 0 saturated carbocycles. The lowest BCUT2D eigenvalue weighted by Gasteiger charge is -2.38. The van der Waals surface area contributed by atoms with Crippen LogP contribution in [0.4, 0.5) is 15.8 Å². The van der Waals surface area contributed by atoms with E-state index in [0.717, 1.165) is 12.2 Å². The van der Waals surface area contributed by atoms with Crippen LogP contribution in [0.1, 0.15) is 23.0 Å². The minimum Gasteiger partial charge on any atom is -0.477 e. The molecule has 1 saturated heterocycles. The van der Waals surface area contributed by atoms with Crippen LogP contribution in [0.5, 0.6) is 0 Å². The molecule has 0 aliphatic carbocycles. The summed E-state index contributed by atoms with van der Waals surface area (Å²) in [6.07, 6.45) is 0. The smallest absolute Gasteiger partial charge is 0.342 e. The minimum atomic E-state index is -1.28. The second-order valence-corrected chi connectivity index (χ2v) is 8.34. The number of hydrogen-bond acceptors (Lipinski definition) is 6. The molecule has 10 heteroatoms. The molecule has 2 aromatic heterocycles. The standard InChI is InChI=1S/C19H19FN4O3S.ClH/c1-9-6-23(4-3-21-9)15-12(20)5-11-14-16(15)22(2)7-10-8-28-18(24(10)14)13(17(11)25)19(26)27;/h5,8-9,21H,3-4,6-7H2,1-2H3,(H,26,27);1H. The molecule has 2 N–H and O–H groups in total. The van der Waals surface area contributed by atoms with Gasteiger partial charge in [0.05, 0.1) is 34.5 Å². The normalized spacial score (nSPS) is 18.5. The van der Waals surface area contributed by atoms with E-state index in [1.165, 1.54) is 17.4 Å². The summed E-state index contributed by atoms with van der Waals surface area (Å²) in [5.74, 6) is -1.77. The van der Waals surface area contributed by atoms with Crippen molar-refractivity contribution in [1.29, 1.82) is 0 Å². The SMILES string of the molecule is CC1CN(c2c(F)cc3c(=O)c(C(=O)O)c4scc5n4c3c2N(C)C5)CCN1.Cl. The van der Waals surface area contributed by atoms with Crippen LogP contribution >= 0.6 is 23.7 Å². The van der Waals surface area contributed by atoms with E-state index in [2.05, 4.69) is 12.2 Å². The first-order valence-electron chi connectivity index (χ1n) is 9.12. The number of carboxylic acids is 1. The molecular weight excluding hydrogens is 419 g/mol. The molecule has 7 nitrogen and oxygen atoms in total. The molecule has 154 valence electrons. The third-order valence-electron chi connectivity index (χ3n) is 5.59. The van der Waals surface area contributed by atoms with Gasteiger partial charge >= 0.3 is 5.97 Å². The van der Waals surface area contributed by atoms with Gasteiger partial charge in [0.25, 0.3) is 0 Å². The van der Waals surface area contributed by atoms with E-state index in [4.69, 9.17) is 0 Å². The lowest BCUT2D eigenvalue weighted by Crippen LogP contribution is -2.50. The monoisotopic (exact) mass is 438 g/mol. The maximum absolute atomic E-state index is 15.3. The van der Waals surface area contributed by atoms with Gasteiger partial charge in [-0.1, -0.05) is 0 Å². The maximum Gasteiger partial charge on any atom is 0.342 e. The third-order valence-corrected chi connectivity index (χ3v) is 6.59. The molecular formula is C19H20ClFN4O3S. The zero-order valence-corrected chi connectivity index (χ0v) is 17.5. The number of piperazine rings is 1. The molecule has 1 atom stereocenters. The Labute approximate surface area is 175 Å². The van der Waals surface area contributed by atoms with Crippen molar-refractivity contribution in [3.8, 4) is 0 Å². The van der Waals surface area contributed by atoms with Crippen LogP contribution in [0.3, 0.4) is 0 Å². The molecule has 2 aliphatic heterocycles. The summed E-state index contributed by atoms with van der Waals surface area (Å²) in [5, 5.41) is 14.9. The van der Waals surface area contributed by atoms with Crippen molar-refractivity contribution in [2.24, 2.45) is 0 Å². The van der Waals surface area contributed by atoms with Crippen molar-refractivity contribution < 1.29 is 14.3 Å². The second kappa shape index (κ2) is 6.86. The molecule has 29 heavy (non-hydrogen) atoms. The Kier molecular flexibility index (Phi) is 4.71. The topological polar surface area (TPSA) is 77.3 Å². The Hall–Kier alpha value is -2.36. The fraction of sp³-hybridized carbons (Fsp3) is 0.368. The van der Waals surface area contributed by atoms with Crippen molar-refractivity contribution in [1.82, 2.24) is 9.72 Å². The van der Waals surface area contributed by atoms with Crippen LogP contribution in [0.2, 0.25) is 0 Å². The van der Waals surface area contributed by atoms with E-state index < -0.39 is 17.2 Å². The summed E-state index contributed by atoms with van der Waals surface area (Å²) in [4.78, 5) is 29.1. The minimum absolute atomic E-state index is 0. The fourth-order valence-electron chi connectivity index (χ4n) is 4.44. The summed E-state index contributed by atoms with van der Waals surface area (Å²) in [6.45, 7) is 4.64. The number of carboxylic acid groups (broad SMARTS) is 1. The molecule has 1 aromatic carbocycles. The average molecular weight is 439 g/mol. The Morgan fingerprint density at radius 2 is 2.14 bits per heavy atom. The number of anilines is 2. The Morgan fingerprint density at radius 1 is 1.38 bits per heavy atom. The van der Waals surface area contributed by atoms with Crippen LogP contribution < -0.4 is 20.5 Å². The van der Waals surface area contributed by atoms with E-state index >= 15 is 4.39 Å². The Bertz CT molecular complexity index is 1220. The predicted molar refractivity (Wildman–Crippen MR) is 115 cm³/mol. The number of aromatic nitrogens is 1. The average Bonchev–Trinajstić information content (AvgIpc) is 3.04. The number of benzene rings is 1. The molecule has 4 heterocycles. The number of aromatic carboxylic acids is 1. The lowest BCUT2D eigenvalue weighted by atomic mass is 10.0. The highest BCUT2D eigenvalue weighted by molar-refractivity contribution is 7.16. The first kappa shape index (κ1) is 19.9. The van der Waals surface area contributed by atoms with Crippen molar-refractivity contribution in [2.75, 3.05) is 36.5 Å². The van der Waals surface area contributed by atoms with Gasteiger partial charge in [-0.05, 0) is 13.0 Å². The molecule has 0 amide bonds. The molecule has 5 rings (SSSR count). The molecule has 0 bridgehead atoms. The number of carbonyl (C=O) groups is 1. The van der Waals surface area contributed by atoms with Gasteiger partial charge in [-0.2, -0.15) is 0 Å².